The third-order valence-electron chi connectivity index (χ3n) is 1.94. The Morgan fingerprint density at radius 2 is 2.33 bits per heavy atom. The summed E-state index contributed by atoms with van der Waals surface area (Å²) in [5.74, 6) is -1.25. The van der Waals surface area contributed by atoms with Crippen molar-refractivity contribution in [2.45, 2.75) is 12.5 Å². The monoisotopic (exact) mass is 208 g/mol. The van der Waals surface area contributed by atoms with Crippen LogP contribution in [0, 0.1) is 0 Å². The molecule has 2 aromatic heterocycles. The van der Waals surface area contributed by atoms with Gasteiger partial charge < -0.3 is 10.2 Å². The number of nitrogens with one attached hydrogen (secondary N) is 1. The lowest BCUT2D eigenvalue weighted by Gasteiger charge is -2.03. The highest BCUT2D eigenvalue weighted by Crippen LogP contribution is 2.09. The summed E-state index contributed by atoms with van der Waals surface area (Å²) < 4.78 is 0. The molecular formula is C8H8N4O3. The van der Waals surface area contributed by atoms with Crippen LogP contribution in [0.5, 0.6) is 0 Å². The molecule has 0 aliphatic heterocycles. The Bertz CT molecular complexity index is 495. The number of hydrogen-bond acceptors (Lipinski definition) is 5. The van der Waals surface area contributed by atoms with E-state index in [1.54, 1.807) is 6.07 Å². The second-order valence-electron chi connectivity index (χ2n) is 3.07. The molecule has 0 spiro atoms. The fourth-order valence-electron chi connectivity index (χ4n) is 1.20. The predicted molar refractivity (Wildman–Crippen MR) is 49.0 cm³/mol. The molecule has 0 saturated heterocycles. The van der Waals surface area contributed by atoms with E-state index in [-0.39, 0.29) is 6.42 Å². The highest BCUT2D eigenvalue weighted by Gasteiger charge is 2.14. The lowest BCUT2D eigenvalue weighted by atomic mass is 10.1. The lowest BCUT2D eigenvalue weighted by molar-refractivity contribution is -0.146. The molecule has 7 heteroatoms. The molecule has 78 valence electrons. The number of fused-ring (bicyclic) bond motifs is 1. The average molecular weight is 208 g/mol. The summed E-state index contributed by atoms with van der Waals surface area (Å²) in [4.78, 5) is 14.4. The number of carbonyl (C=O) groups is 1. The van der Waals surface area contributed by atoms with Gasteiger partial charge in [0.15, 0.2) is 6.10 Å². The Kier molecular flexibility index (Phi) is 2.30. The summed E-state index contributed by atoms with van der Waals surface area (Å²) in [6.45, 7) is 0. The molecule has 1 unspecified atom stereocenters. The van der Waals surface area contributed by atoms with Gasteiger partial charge in [0.05, 0.1) is 0 Å². The topological polar surface area (TPSA) is 112 Å². The van der Waals surface area contributed by atoms with E-state index in [1.165, 1.54) is 6.20 Å². The van der Waals surface area contributed by atoms with Gasteiger partial charge in [0, 0.05) is 12.6 Å². The molecule has 2 aromatic rings. The van der Waals surface area contributed by atoms with Crippen LogP contribution in [-0.4, -0.2) is 42.7 Å². The van der Waals surface area contributed by atoms with Crippen molar-refractivity contribution < 1.29 is 15.0 Å². The van der Waals surface area contributed by atoms with Crippen molar-refractivity contribution in [2.24, 2.45) is 0 Å². The maximum Gasteiger partial charge on any atom is 0.332 e. The van der Waals surface area contributed by atoms with Gasteiger partial charge in [-0.2, -0.15) is 10.3 Å². The first-order valence-corrected chi connectivity index (χ1v) is 4.23. The molecule has 15 heavy (non-hydrogen) atoms. The largest absolute Gasteiger partial charge is 0.479 e. The molecule has 0 amide bonds. The second kappa shape index (κ2) is 3.62. The minimum absolute atomic E-state index is 0.00509. The number of aliphatic hydroxyl groups excluding tert-OH is 1. The van der Waals surface area contributed by atoms with Crippen molar-refractivity contribution in [1.82, 2.24) is 20.4 Å². The third kappa shape index (κ3) is 1.91. The van der Waals surface area contributed by atoms with Gasteiger partial charge in [0.2, 0.25) is 5.65 Å². The van der Waals surface area contributed by atoms with Gasteiger partial charge in [-0.05, 0) is 11.6 Å². The first-order valence-electron chi connectivity index (χ1n) is 4.23. The van der Waals surface area contributed by atoms with Crippen molar-refractivity contribution >= 4 is 17.1 Å². The number of pyridine rings is 1. The molecule has 0 bridgehead atoms. The Morgan fingerprint density at radius 3 is 3.07 bits per heavy atom. The molecule has 0 saturated carbocycles. The second-order valence-corrected chi connectivity index (χ2v) is 3.07. The summed E-state index contributed by atoms with van der Waals surface area (Å²) in [6, 6.07) is 1.64. The average Bonchev–Trinajstić information content (AvgIpc) is 2.64. The van der Waals surface area contributed by atoms with Crippen LogP contribution in [0.25, 0.3) is 11.2 Å². The fourth-order valence-corrected chi connectivity index (χ4v) is 1.20. The predicted octanol–water partition coefficient (Wildman–Crippen LogP) is -0.659. The van der Waals surface area contributed by atoms with Crippen LogP contribution in [-0.2, 0) is 11.2 Å². The number of aliphatic carboxylic acids is 1. The van der Waals surface area contributed by atoms with Crippen LogP contribution in [0.2, 0.25) is 0 Å². The molecule has 7 nitrogen and oxygen atoms in total. The molecule has 1 atom stereocenters. The van der Waals surface area contributed by atoms with Crippen molar-refractivity contribution in [1.29, 1.82) is 0 Å². The molecule has 2 heterocycles. The number of hydrogen-bond donors (Lipinski definition) is 3. The Balaban J connectivity index is 2.24. The SMILES string of the molecule is O=C(O)C(O)Cc1cnc2n[nH]nc2c1. The Labute approximate surface area is 83.8 Å². The number of rotatable bonds is 3. The molecular weight excluding hydrogens is 200 g/mol. The van der Waals surface area contributed by atoms with Gasteiger partial charge in [-0.15, -0.1) is 5.10 Å². The fraction of sp³-hybridized carbons (Fsp3) is 0.250. The van der Waals surface area contributed by atoms with E-state index in [4.69, 9.17) is 10.2 Å². The number of aliphatic hydroxyl groups is 1. The Morgan fingerprint density at radius 1 is 1.53 bits per heavy atom. The van der Waals surface area contributed by atoms with Crippen LogP contribution in [0.4, 0.5) is 0 Å². The smallest absolute Gasteiger partial charge is 0.332 e. The van der Waals surface area contributed by atoms with E-state index in [0.717, 1.165) is 0 Å². The van der Waals surface area contributed by atoms with Crippen molar-refractivity contribution in [3.8, 4) is 0 Å². The normalized spacial score (nSPS) is 12.9. The zero-order valence-corrected chi connectivity index (χ0v) is 7.58. The quantitative estimate of drug-likeness (QED) is 0.617. The van der Waals surface area contributed by atoms with Crippen molar-refractivity contribution in [3.63, 3.8) is 0 Å². The van der Waals surface area contributed by atoms with Crippen LogP contribution < -0.4 is 0 Å². The first-order chi connectivity index (χ1) is 7.16. The van der Waals surface area contributed by atoms with Crippen LogP contribution in [0.1, 0.15) is 5.56 Å². The highest BCUT2D eigenvalue weighted by molar-refractivity contribution is 5.73. The van der Waals surface area contributed by atoms with E-state index >= 15 is 0 Å². The minimum atomic E-state index is -1.42. The summed E-state index contributed by atoms with van der Waals surface area (Å²) >= 11 is 0. The first kappa shape index (κ1) is 9.53. The maximum absolute atomic E-state index is 10.4. The summed E-state index contributed by atoms with van der Waals surface area (Å²) in [7, 11) is 0. The third-order valence-corrected chi connectivity index (χ3v) is 1.94. The van der Waals surface area contributed by atoms with E-state index in [9.17, 15) is 4.79 Å². The summed E-state index contributed by atoms with van der Waals surface area (Å²) in [5, 5.41) is 27.6. The summed E-state index contributed by atoms with van der Waals surface area (Å²) in [6.07, 6.45) is 0.0541. The van der Waals surface area contributed by atoms with Gasteiger partial charge in [0.25, 0.3) is 0 Å². The molecule has 0 radical (unpaired) electrons. The van der Waals surface area contributed by atoms with Gasteiger partial charge in [-0.25, -0.2) is 9.78 Å². The number of carboxylic acid groups (broad SMARTS) is 1. The Hall–Kier alpha value is -2.02. The number of carboxylic acids is 1. The summed E-state index contributed by atoms with van der Waals surface area (Å²) in [5.41, 5.74) is 1.61. The highest BCUT2D eigenvalue weighted by atomic mass is 16.4. The van der Waals surface area contributed by atoms with Gasteiger partial charge in [-0.1, -0.05) is 0 Å². The molecule has 3 N–H and O–H groups in total. The van der Waals surface area contributed by atoms with Crippen molar-refractivity contribution in [3.05, 3.63) is 17.8 Å². The van der Waals surface area contributed by atoms with Crippen LogP contribution in [0.15, 0.2) is 12.3 Å². The number of aromatic amines is 1. The molecule has 0 aliphatic rings. The lowest BCUT2D eigenvalue weighted by Crippen LogP contribution is -2.21. The zero-order valence-electron chi connectivity index (χ0n) is 7.58. The van der Waals surface area contributed by atoms with Gasteiger partial charge >= 0.3 is 5.97 Å². The zero-order chi connectivity index (χ0) is 10.8. The maximum atomic E-state index is 10.4. The van der Waals surface area contributed by atoms with Crippen LogP contribution >= 0.6 is 0 Å². The standard InChI is InChI=1S/C8H8N4O3/c13-6(8(14)15)2-4-1-5-7(9-3-4)11-12-10-5/h1,3,6,13H,2H2,(H,14,15)(H,9,10,11,12). The molecule has 2 rings (SSSR count). The number of aromatic nitrogens is 4. The van der Waals surface area contributed by atoms with E-state index < -0.39 is 12.1 Å². The van der Waals surface area contributed by atoms with Gasteiger partial charge in [-0.3, -0.25) is 0 Å². The molecule has 0 aromatic carbocycles. The van der Waals surface area contributed by atoms with E-state index in [1.807, 2.05) is 0 Å². The van der Waals surface area contributed by atoms with Crippen molar-refractivity contribution in [2.75, 3.05) is 0 Å². The molecule has 0 aliphatic carbocycles. The number of nitrogens with zero attached hydrogens (tertiary/aromatic N) is 3. The number of H-pyrrole nitrogens is 1. The minimum Gasteiger partial charge on any atom is -0.479 e. The van der Waals surface area contributed by atoms with Crippen LogP contribution in [0.3, 0.4) is 0 Å². The van der Waals surface area contributed by atoms with Gasteiger partial charge in [0.1, 0.15) is 5.52 Å². The van der Waals surface area contributed by atoms with E-state index in [2.05, 4.69) is 20.4 Å². The molecule has 0 fully saturated rings. The van der Waals surface area contributed by atoms with E-state index in [0.29, 0.717) is 16.7 Å².